The fourth-order valence-corrected chi connectivity index (χ4v) is 2.66. The Hall–Kier alpha value is -2.29. The van der Waals surface area contributed by atoms with Gasteiger partial charge in [0, 0.05) is 18.5 Å². The molecule has 0 aliphatic carbocycles. The van der Waals surface area contributed by atoms with E-state index in [2.05, 4.69) is 83.2 Å². The van der Waals surface area contributed by atoms with Crippen molar-refractivity contribution < 1.29 is 0 Å². The van der Waals surface area contributed by atoms with Crippen molar-refractivity contribution in [3.05, 3.63) is 71.8 Å². The zero-order chi connectivity index (χ0) is 14.5. The SMILES string of the molecule is CC1CN=C(NCC(c2ccccc2)c2ccccc2)N1. The van der Waals surface area contributed by atoms with Crippen molar-refractivity contribution in [1.82, 2.24) is 10.6 Å². The first-order valence-corrected chi connectivity index (χ1v) is 7.47. The van der Waals surface area contributed by atoms with Crippen LogP contribution < -0.4 is 10.6 Å². The molecule has 0 bridgehead atoms. The highest BCUT2D eigenvalue weighted by Crippen LogP contribution is 2.23. The van der Waals surface area contributed by atoms with Gasteiger partial charge >= 0.3 is 0 Å². The lowest BCUT2D eigenvalue weighted by Gasteiger charge is -2.19. The molecule has 1 aliphatic rings. The van der Waals surface area contributed by atoms with E-state index in [9.17, 15) is 0 Å². The smallest absolute Gasteiger partial charge is 0.191 e. The second kappa shape index (κ2) is 6.44. The van der Waals surface area contributed by atoms with Crippen molar-refractivity contribution in [3.63, 3.8) is 0 Å². The van der Waals surface area contributed by atoms with Crippen molar-refractivity contribution in [3.8, 4) is 0 Å². The summed E-state index contributed by atoms with van der Waals surface area (Å²) in [4.78, 5) is 4.47. The number of benzene rings is 2. The number of rotatable bonds is 4. The number of guanidine groups is 1. The molecule has 0 fully saturated rings. The fraction of sp³-hybridized carbons (Fsp3) is 0.278. The Kier molecular flexibility index (Phi) is 4.20. The van der Waals surface area contributed by atoms with Crippen LogP contribution >= 0.6 is 0 Å². The van der Waals surface area contributed by atoms with Gasteiger partial charge in [0.1, 0.15) is 0 Å². The van der Waals surface area contributed by atoms with Crippen molar-refractivity contribution in [2.24, 2.45) is 4.99 Å². The monoisotopic (exact) mass is 279 g/mol. The van der Waals surface area contributed by atoms with Gasteiger partial charge in [-0.2, -0.15) is 0 Å². The summed E-state index contributed by atoms with van der Waals surface area (Å²) in [6.45, 7) is 3.83. The Bertz CT molecular complexity index is 553. The zero-order valence-corrected chi connectivity index (χ0v) is 12.3. The predicted molar refractivity (Wildman–Crippen MR) is 87.6 cm³/mol. The summed E-state index contributed by atoms with van der Waals surface area (Å²) in [5.41, 5.74) is 2.64. The molecule has 0 saturated carbocycles. The van der Waals surface area contributed by atoms with Gasteiger partial charge in [-0.1, -0.05) is 60.7 Å². The molecule has 108 valence electrons. The molecule has 0 amide bonds. The highest BCUT2D eigenvalue weighted by atomic mass is 15.2. The van der Waals surface area contributed by atoms with Crippen LogP contribution in [0.2, 0.25) is 0 Å². The molecule has 0 radical (unpaired) electrons. The quantitative estimate of drug-likeness (QED) is 0.903. The lowest BCUT2D eigenvalue weighted by molar-refractivity contribution is 0.699. The Morgan fingerprint density at radius 3 is 2.10 bits per heavy atom. The molecule has 0 saturated heterocycles. The molecule has 21 heavy (non-hydrogen) atoms. The van der Waals surface area contributed by atoms with Crippen LogP contribution in [0.5, 0.6) is 0 Å². The van der Waals surface area contributed by atoms with Crippen LogP contribution in [-0.2, 0) is 0 Å². The molecule has 1 unspecified atom stereocenters. The maximum absolute atomic E-state index is 4.47. The molecule has 3 heteroatoms. The van der Waals surface area contributed by atoms with Crippen LogP contribution in [-0.4, -0.2) is 25.1 Å². The van der Waals surface area contributed by atoms with Gasteiger partial charge in [0.25, 0.3) is 0 Å². The average Bonchev–Trinajstić information content (AvgIpc) is 2.95. The number of hydrogen-bond donors (Lipinski definition) is 2. The molecule has 3 nitrogen and oxygen atoms in total. The third-order valence-electron chi connectivity index (χ3n) is 3.78. The molecule has 2 aromatic rings. The zero-order valence-electron chi connectivity index (χ0n) is 12.3. The van der Waals surface area contributed by atoms with Crippen molar-refractivity contribution in [1.29, 1.82) is 0 Å². The lowest BCUT2D eigenvalue weighted by Crippen LogP contribution is -2.39. The summed E-state index contributed by atoms with van der Waals surface area (Å²) in [5, 5.41) is 6.80. The first-order chi connectivity index (χ1) is 10.3. The van der Waals surface area contributed by atoms with E-state index in [1.807, 2.05) is 0 Å². The topological polar surface area (TPSA) is 36.4 Å². The number of nitrogens with one attached hydrogen (secondary N) is 2. The summed E-state index contributed by atoms with van der Waals surface area (Å²) in [6.07, 6.45) is 0. The molecular weight excluding hydrogens is 258 g/mol. The van der Waals surface area contributed by atoms with E-state index in [1.54, 1.807) is 0 Å². The summed E-state index contributed by atoms with van der Waals surface area (Å²) >= 11 is 0. The van der Waals surface area contributed by atoms with Crippen LogP contribution in [0.3, 0.4) is 0 Å². The second-order valence-electron chi connectivity index (χ2n) is 5.49. The minimum atomic E-state index is 0.327. The van der Waals surface area contributed by atoms with Gasteiger partial charge in [0.2, 0.25) is 0 Å². The van der Waals surface area contributed by atoms with Crippen molar-refractivity contribution in [2.45, 2.75) is 18.9 Å². The van der Waals surface area contributed by atoms with Crippen LogP contribution in [0.1, 0.15) is 24.0 Å². The minimum Gasteiger partial charge on any atom is -0.355 e. The molecule has 0 spiro atoms. The molecule has 1 atom stereocenters. The summed E-state index contributed by atoms with van der Waals surface area (Å²) < 4.78 is 0. The summed E-state index contributed by atoms with van der Waals surface area (Å²) in [7, 11) is 0. The maximum Gasteiger partial charge on any atom is 0.191 e. The highest BCUT2D eigenvalue weighted by Gasteiger charge is 2.17. The van der Waals surface area contributed by atoms with E-state index in [0.29, 0.717) is 12.0 Å². The van der Waals surface area contributed by atoms with Gasteiger partial charge in [0.15, 0.2) is 5.96 Å². The second-order valence-corrected chi connectivity index (χ2v) is 5.49. The van der Waals surface area contributed by atoms with Crippen LogP contribution in [0.25, 0.3) is 0 Å². The van der Waals surface area contributed by atoms with Crippen LogP contribution in [0.15, 0.2) is 65.7 Å². The molecule has 3 rings (SSSR count). The Labute approximate surface area is 126 Å². The predicted octanol–water partition coefficient (Wildman–Crippen LogP) is 2.76. The van der Waals surface area contributed by atoms with E-state index in [1.165, 1.54) is 11.1 Å². The largest absolute Gasteiger partial charge is 0.355 e. The Morgan fingerprint density at radius 2 is 1.62 bits per heavy atom. The fourth-order valence-electron chi connectivity index (χ4n) is 2.66. The maximum atomic E-state index is 4.47. The number of hydrogen-bond acceptors (Lipinski definition) is 3. The minimum absolute atomic E-state index is 0.327. The number of nitrogens with zero attached hydrogens (tertiary/aromatic N) is 1. The third-order valence-corrected chi connectivity index (χ3v) is 3.78. The van der Waals surface area contributed by atoms with Gasteiger partial charge in [-0.05, 0) is 18.1 Å². The van der Waals surface area contributed by atoms with Crippen molar-refractivity contribution in [2.75, 3.05) is 13.1 Å². The molecule has 0 aromatic heterocycles. The molecular formula is C18H21N3. The third kappa shape index (κ3) is 3.43. The number of aliphatic imine (C=N–C) groups is 1. The van der Waals surface area contributed by atoms with Gasteiger partial charge in [-0.15, -0.1) is 0 Å². The molecule has 1 aliphatic heterocycles. The first kappa shape index (κ1) is 13.7. The molecule has 2 aromatic carbocycles. The normalized spacial score (nSPS) is 17.4. The summed E-state index contributed by atoms with van der Waals surface area (Å²) in [6, 6.07) is 21.7. The van der Waals surface area contributed by atoms with E-state index < -0.39 is 0 Å². The Balaban J connectivity index is 1.77. The van der Waals surface area contributed by atoms with Crippen LogP contribution in [0, 0.1) is 0 Å². The van der Waals surface area contributed by atoms with E-state index >= 15 is 0 Å². The van der Waals surface area contributed by atoms with Crippen molar-refractivity contribution >= 4 is 5.96 Å². The van der Waals surface area contributed by atoms with Gasteiger partial charge in [-0.3, -0.25) is 4.99 Å². The lowest BCUT2D eigenvalue weighted by atomic mass is 9.91. The van der Waals surface area contributed by atoms with Crippen LogP contribution in [0.4, 0.5) is 0 Å². The highest BCUT2D eigenvalue weighted by molar-refractivity contribution is 5.81. The van der Waals surface area contributed by atoms with Gasteiger partial charge in [-0.25, -0.2) is 0 Å². The van der Waals surface area contributed by atoms with Gasteiger partial charge < -0.3 is 10.6 Å². The average molecular weight is 279 g/mol. The standard InChI is InChI=1S/C18H21N3/c1-14-12-19-18(21-14)20-13-17(15-8-4-2-5-9-15)16-10-6-3-7-11-16/h2-11,14,17H,12-13H2,1H3,(H2,19,20,21). The van der Waals surface area contributed by atoms with E-state index in [0.717, 1.165) is 19.0 Å². The molecule has 1 heterocycles. The molecule has 2 N–H and O–H groups in total. The first-order valence-electron chi connectivity index (χ1n) is 7.47. The summed E-state index contributed by atoms with van der Waals surface area (Å²) in [5.74, 6) is 1.24. The van der Waals surface area contributed by atoms with E-state index in [4.69, 9.17) is 0 Å². The Morgan fingerprint density at radius 1 is 1.05 bits per heavy atom. The van der Waals surface area contributed by atoms with E-state index in [-0.39, 0.29) is 0 Å². The van der Waals surface area contributed by atoms with Gasteiger partial charge in [0.05, 0.1) is 6.54 Å².